The molecule has 2 rings (SSSR count). The highest BCUT2D eigenvalue weighted by atomic mass is 16.5. The Morgan fingerprint density at radius 3 is 2.40 bits per heavy atom. The van der Waals surface area contributed by atoms with Crippen molar-refractivity contribution in [3.63, 3.8) is 0 Å². The first-order valence-electron chi connectivity index (χ1n) is 6.85. The van der Waals surface area contributed by atoms with Crippen molar-refractivity contribution in [3.05, 3.63) is 78.4 Å². The number of benzene rings is 2. The van der Waals surface area contributed by atoms with Crippen LogP contribution >= 0.6 is 0 Å². The van der Waals surface area contributed by atoms with Gasteiger partial charge in [0.05, 0.1) is 7.11 Å². The molecule has 0 amide bonds. The molecule has 0 aliphatic carbocycles. The molecule has 1 N–H and O–H groups in total. The van der Waals surface area contributed by atoms with Crippen LogP contribution in [0.3, 0.4) is 0 Å². The smallest absolute Gasteiger partial charge is 0.118 e. The van der Waals surface area contributed by atoms with Crippen LogP contribution < -0.4 is 10.1 Å². The minimum absolute atomic E-state index is 0.276. The molecule has 1 atom stereocenters. The van der Waals surface area contributed by atoms with Gasteiger partial charge in [-0.3, -0.25) is 0 Å². The predicted molar refractivity (Wildman–Crippen MR) is 83.8 cm³/mol. The molecule has 0 aromatic heterocycles. The molecule has 0 saturated carbocycles. The van der Waals surface area contributed by atoms with Crippen LogP contribution in [0.15, 0.2) is 67.3 Å². The third-order valence-electron chi connectivity index (χ3n) is 3.32. The molecule has 104 valence electrons. The summed E-state index contributed by atoms with van der Waals surface area (Å²) in [4.78, 5) is 0. The van der Waals surface area contributed by atoms with Crippen molar-refractivity contribution in [2.24, 2.45) is 0 Å². The lowest BCUT2D eigenvalue weighted by molar-refractivity contribution is 0.414. The largest absolute Gasteiger partial charge is 0.497 e. The molecule has 2 nitrogen and oxygen atoms in total. The number of ether oxygens (including phenoxy) is 1. The van der Waals surface area contributed by atoms with E-state index in [9.17, 15) is 0 Å². The van der Waals surface area contributed by atoms with E-state index in [-0.39, 0.29) is 6.04 Å². The van der Waals surface area contributed by atoms with E-state index >= 15 is 0 Å². The van der Waals surface area contributed by atoms with Gasteiger partial charge in [-0.2, -0.15) is 0 Å². The van der Waals surface area contributed by atoms with Crippen molar-refractivity contribution in [1.82, 2.24) is 5.32 Å². The summed E-state index contributed by atoms with van der Waals surface area (Å²) < 4.78 is 5.20. The van der Waals surface area contributed by atoms with Crippen LogP contribution in [0.2, 0.25) is 0 Å². The van der Waals surface area contributed by atoms with Crippen molar-refractivity contribution in [3.8, 4) is 5.75 Å². The molecular weight excluding hydrogens is 246 g/mol. The fraction of sp³-hybridized carbons (Fsp3) is 0.222. The highest BCUT2D eigenvalue weighted by molar-refractivity contribution is 5.29. The summed E-state index contributed by atoms with van der Waals surface area (Å²) in [5.41, 5.74) is 2.54. The first-order valence-corrected chi connectivity index (χ1v) is 6.85. The molecule has 0 aliphatic rings. The maximum Gasteiger partial charge on any atom is 0.118 e. The molecule has 0 radical (unpaired) electrons. The standard InChI is InChI=1S/C18H21NO/c1-3-7-18(16-10-12-17(20-2)13-11-16)19-14-15-8-5-4-6-9-15/h3-6,8-13,18-19H,1,7,14H2,2H3/t18-/m1/s1. The van der Waals surface area contributed by atoms with Gasteiger partial charge in [-0.25, -0.2) is 0 Å². The summed E-state index contributed by atoms with van der Waals surface area (Å²) in [5.74, 6) is 0.883. The zero-order chi connectivity index (χ0) is 14.2. The Kier molecular flexibility index (Phi) is 5.39. The lowest BCUT2D eigenvalue weighted by Gasteiger charge is -2.18. The first kappa shape index (κ1) is 14.4. The maximum atomic E-state index is 5.20. The fourth-order valence-corrected chi connectivity index (χ4v) is 2.18. The number of hydrogen-bond donors (Lipinski definition) is 1. The molecule has 0 heterocycles. The van der Waals surface area contributed by atoms with E-state index in [1.54, 1.807) is 7.11 Å². The van der Waals surface area contributed by atoms with Crippen molar-refractivity contribution in [2.45, 2.75) is 19.0 Å². The van der Waals surface area contributed by atoms with Crippen LogP contribution in [-0.4, -0.2) is 7.11 Å². The molecule has 2 aromatic rings. The van der Waals surface area contributed by atoms with E-state index in [0.717, 1.165) is 18.7 Å². The molecule has 0 aliphatic heterocycles. The van der Waals surface area contributed by atoms with Crippen molar-refractivity contribution >= 4 is 0 Å². The van der Waals surface area contributed by atoms with Crippen molar-refractivity contribution in [1.29, 1.82) is 0 Å². The van der Waals surface area contributed by atoms with Crippen molar-refractivity contribution < 1.29 is 4.74 Å². The Labute approximate surface area is 121 Å². The summed E-state index contributed by atoms with van der Waals surface area (Å²) in [7, 11) is 1.68. The SMILES string of the molecule is C=CC[C@@H](NCc1ccccc1)c1ccc(OC)cc1. The zero-order valence-electron chi connectivity index (χ0n) is 11.9. The lowest BCUT2D eigenvalue weighted by Crippen LogP contribution is -2.20. The van der Waals surface area contributed by atoms with E-state index in [4.69, 9.17) is 4.74 Å². The highest BCUT2D eigenvalue weighted by Crippen LogP contribution is 2.21. The Balaban J connectivity index is 2.04. The van der Waals surface area contributed by atoms with Gasteiger partial charge in [-0.05, 0) is 29.7 Å². The Morgan fingerprint density at radius 2 is 1.80 bits per heavy atom. The second kappa shape index (κ2) is 7.51. The maximum absolute atomic E-state index is 5.20. The summed E-state index contributed by atoms with van der Waals surface area (Å²) in [6.07, 6.45) is 2.85. The normalized spacial score (nSPS) is 11.8. The topological polar surface area (TPSA) is 21.3 Å². The zero-order valence-corrected chi connectivity index (χ0v) is 11.9. The fourth-order valence-electron chi connectivity index (χ4n) is 2.18. The summed E-state index contributed by atoms with van der Waals surface area (Å²) in [6.45, 7) is 4.70. The second-order valence-corrected chi connectivity index (χ2v) is 4.72. The Bertz CT molecular complexity index is 519. The van der Waals surface area contributed by atoms with Crippen LogP contribution in [0.1, 0.15) is 23.6 Å². The van der Waals surface area contributed by atoms with E-state index in [1.165, 1.54) is 11.1 Å². The van der Waals surface area contributed by atoms with Gasteiger partial charge < -0.3 is 10.1 Å². The van der Waals surface area contributed by atoms with Crippen LogP contribution in [0.5, 0.6) is 5.75 Å². The van der Waals surface area contributed by atoms with E-state index in [2.05, 4.69) is 48.3 Å². The van der Waals surface area contributed by atoms with E-state index in [1.807, 2.05) is 24.3 Å². The number of rotatable bonds is 7. The minimum Gasteiger partial charge on any atom is -0.497 e. The summed E-state index contributed by atoms with van der Waals surface area (Å²) in [5, 5.41) is 3.58. The minimum atomic E-state index is 0.276. The van der Waals surface area contributed by atoms with Gasteiger partial charge in [0, 0.05) is 12.6 Å². The predicted octanol–water partition coefficient (Wildman–Crippen LogP) is 4.10. The van der Waals surface area contributed by atoms with Gasteiger partial charge in [0.15, 0.2) is 0 Å². The molecular formula is C18H21NO. The number of methoxy groups -OCH3 is 1. The molecule has 20 heavy (non-hydrogen) atoms. The van der Waals surface area contributed by atoms with Crippen LogP contribution in [0.25, 0.3) is 0 Å². The third kappa shape index (κ3) is 3.97. The Hall–Kier alpha value is -2.06. The summed E-state index contributed by atoms with van der Waals surface area (Å²) in [6, 6.07) is 18.9. The van der Waals surface area contributed by atoms with Gasteiger partial charge in [0.25, 0.3) is 0 Å². The first-order chi connectivity index (χ1) is 9.83. The van der Waals surface area contributed by atoms with Crippen LogP contribution in [0, 0.1) is 0 Å². The Morgan fingerprint density at radius 1 is 1.10 bits per heavy atom. The molecule has 2 aromatic carbocycles. The van der Waals surface area contributed by atoms with Crippen LogP contribution in [-0.2, 0) is 6.54 Å². The van der Waals surface area contributed by atoms with E-state index < -0.39 is 0 Å². The van der Waals surface area contributed by atoms with Crippen LogP contribution in [0.4, 0.5) is 0 Å². The van der Waals surface area contributed by atoms with Gasteiger partial charge in [0.1, 0.15) is 5.75 Å². The van der Waals surface area contributed by atoms with Gasteiger partial charge in [0.2, 0.25) is 0 Å². The molecule has 0 unspecified atom stereocenters. The lowest BCUT2D eigenvalue weighted by atomic mass is 10.0. The quantitative estimate of drug-likeness (QED) is 0.762. The second-order valence-electron chi connectivity index (χ2n) is 4.72. The molecule has 0 saturated heterocycles. The van der Waals surface area contributed by atoms with Crippen molar-refractivity contribution in [2.75, 3.05) is 7.11 Å². The van der Waals surface area contributed by atoms with Gasteiger partial charge in [-0.15, -0.1) is 6.58 Å². The highest BCUT2D eigenvalue weighted by Gasteiger charge is 2.09. The third-order valence-corrected chi connectivity index (χ3v) is 3.32. The monoisotopic (exact) mass is 267 g/mol. The van der Waals surface area contributed by atoms with Gasteiger partial charge >= 0.3 is 0 Å². The molecule has 0 fully saturated rings. The summed E-state index contributed by atoms with van der Waals surface area (Å²) >= 11 is 0. The van der Waals surface area contributed by atoms with E-state index in [0.29, 0.717) is 0 Å². The average molecular weight is 267 g/mol. The molecule has 2 heteroatoms. The molecule has 0 bridgehead atoms. The van der Waals surface area contributed by atoms with Gasteiger partial charge in [-0.1, -0.05) is 48.5 Å². The number of hydrogen-bond acceptors (Lipinski definition) is 2. The average Bonchev–Trinajstić information content (AvgIpc) is 2.52. The molecule has 0 spiro atoms. The number of nitrogens with one attached hydrogen (secondary N) is 1.